The molecule has 3 nitrogen and oxygen atoms in total. The molecule has 0 radical (unpaired) electrons. The maximum atomic E-state index is 9.84. The highest BCUT2D eigenvalue weighted by Crippen LogP contribution is 2.27. The first kappa shape index (κ1) is 12.3. The van der Waals surface area contributed by atoms with Crippen molar-refractivity contribution in [1.82, 2.24) is 0 Å². The lowest BCUT2D eigenvalue weighted by Gasteiger charge is -2.23. The molecule has 0 aliphatic heterocycles. The van der Waals surface area contributed by atoms with Gasteiger partial charge in [-0.2, -0.15) is 0 Å². The van der Waals surface area contributed by atoms with Crippen LogP contribution in [0.25, 0.3) is 0 Å². The van der Waals surface area contributed by atoms with Gasteiger partial charge in [-0.1, -0.05) is 25.4 Å². The Bertz CT molecular complexity index is 341. The van der Waals surface area contributed by atoms with E-state index in [4.69, 9.17) is 23.1 Å². The molecule has 4 heteroatoms. The summed E-state index contributed by atoms with van der Waals surface area (Å²) in [5.41, 5.74) is 13.0. The Kier molecular flexibility index (Phi) is 3.97. The molecule has 0 saturated heterocycles. The minimum Gasteiger partial charge on any atom is -0.398 e. The van der Waals surface area contributed by atoms with Crippen molar-refractivity contribution in [1.29, 1.82) is 0 Å². The third-order valence-corrected chi connectivity index (χ3v) is 2.69. The lowest BCUT2D eigenvalue weighted by atomic mass is 9.93. The first-order valence-corrected chi connectivity index (χ1v) is 5.30. The van der Waals surface area contributed by atoms with E-state index >= 15 is 0 Å². The van der Waals surface area contributed by atoms with Crippen LogP contribution in [0.4, 0.5) is 5.69 Å². The van der Waals surface area contributed by atoms with Gasteiger partial charge in [-0.25, -0.2) is 0 Å². The zero-order chi connectivity index (χ0) is 11.6. The lowest BCUT2D eigenvalue weighted by molar-refractivity contribution is 0.0982. The number of hydrogen-bond acceptors (Lipinski definition) is 3. The van der Waals surface area contributed by atoms with E-state index in [1.165, 1.54) is 0 Å². The van der Waals surface area contributed by atoms with Crippen molar-refractivity contribution in [2.45, 2.75) is 26.0 Å². The number of nitrogens with two attached hydrogens (primary N) is 2. The van der Waals surface area contributed by atoms with Crippen molar-refractivity contribution in [3.63, 3.8) is 0 Å². The summed E-state index contributed by atoms with van der Waals surface area (Å²) in [5.74, 6) is 0.0818. The van der Waals surface area contributed by atoms with Crippen LogP contribution in [0, 0.1) is 5.92 Å². The Morgan fingerprint density at radius 1 is 1.33 bits per heavy atom. The second-order valence-corrected chi connectivity index (χ2v) is 4.47. The fourth-order valence-electron chi connectivity index (χ4n) is 1.43. The summed E-state index contributed by atoms with van der Waals surface area (Å²) in [5, 5.41) is 10.4. The van der Waals surface area contributed by atoms with Gasteiger partial charge in [-0.3, -0.25) is 0 Å². The number of rotatable bonds is 3. The largest absolute Gasteiger partial charge is 0.398 e. The molecule has 0 saturated carbocycles. The molecule has 0 spiro atoms. The van der Waals surface area contributed by atoms with Crippen molar-refractivity contribution in [3.8, 4) is 0 Å². The topological polar surface area (TPSA) is 72.3 Å². The van der Waals surface area contributed by atoms with E-state index in [2.05, 4.69) is 0 Å². The molecule has 0 aliphatic carbocycles. The van der Waals surface area contributed by atoms with E-state index in [0.717, 1.165) is 0 Å². The van der Waals surface area contributed by atoms with E-state index in [1.807, 2.05) is 13.8 Å². The van der Waals surface area contributed by atoms with E-state index in [0.29, 0.717) is 16.3 Å². The highest BCUT2D eigenvalue weighted by molar-refractivity contribution is 6.30. The number of benzene rings is 1. The Labute approximate surface area is 95.0 Å². The van der Waals surface area contributed by atoms with E-state index < -0.39 is 12.1 Å². The number of aliphatic hydroxyl groups excluding tert-OH is 1. The smallest absolute Gasteiger partial charge is 0.0756 e. The third kappa shape index (κ3) is 2.84. The molecule has 0 heterocycles. The quantitative estimate of drug-likeness (QED) is 0.693. The molecule has 0 bridgehead atoms. The first-order valence-electron chi connectivity index (χ1n) is 4.92. The predicted molar refractivity (Wildman–Crippen MR) is 63.6 cm³/mol. The molecule has 1 aromatic rings. The minimum absolute atomic E-state index is 0.0818. The fraction of sp³-hybridized carbons (Fsp3) is 0.455. The zero-order valence-corrected chi connectivity index (χ0v) is 9.70. The summed E-state index contributed by atoms with van der Waals surface area (Å²) in [6.45, 7) is 3.82. The summed E-state index contributed by atoms with van der Waals surface area (Å²) in [4.78, 5) is 0. The predicted octanol–water partition coefficient (Wildman–Crippen LogP) is 1.94. The van der Waals surface area contributed by atoms with E-state index in [9.17, 15) is 5.11 Å². The molecular weight excluding hydrogens is 212 g/mol. The monoisotopic (exact) mass is 228 g/mol. The second-order valence-electron chi connectivity index (χ2n) is 4.03. The molecule has 0 aliphatic rings. The molecule has 1 aromatic carbocycles. The normalized spacial score (nSPS) is 15.3. The first-order chi connectivity index (χ1) is 6.93. The van der Waals surface area contributed by atoms with Crippen LogP contribution in [0.3, 0.4) is 0 Å². The number of halogens is 1. The molecule has 84 valence electrons. The highest BCUT2D eigenvalue weighted by atomic mass is 35.5. The molecular formula is C11H17ClN2O. The summed E-state index contributed by atoms with van der Waals surface area (Å²) in [7, 11) is 0. The van der Waals surface area contributed by atoms with Crippen molar-refractivity contribution in [2.24, 2.45) is 11.7 Å². The average molecular weight is 229 g/mol. The van der Waals surface area contributed by atoms with Crippen LogP contribution in [0.1, 0.15) is 25.5 Å². The summed E-state index contributed by atoms with van der Waals surface area (Å²) in [6.07, 6.45) is -0.620. The zero-order valence-electron chi connectivity index (χ0n) is 8.94. The van der Waals surface area contributed by atoms with Crippen LogP contribution >= 0.6 is 11.6 Å². The highest BCUT2D eigenvalue weighted by Gasteiger charge is 2.21. The van der Waals surface area contributed by atoms with Crippen LogP contribution in [-0.2, 0) is 0 Å². The van der Waals surface area contributed by atoms with Crippen LogP contribution in [0.15, 0.2) is 18.2 Å². The summed E-state index contributed by atoms with van der Waals surface area (Å²) < 4.78 is 0. The van der Waals surface area contributed by atoms with Gasteiger partial charge in [0.1, 0.15) is 0 Å². The Hall–Kier alpha value is -0.770. The SMILES string of the molecule is CC(C)[C@@H](O)[C@@H](N)c1cc(Cl)ccc1N. The van der Waals surface area contributed by atoms with Crippen LogP contribution in [0.2, 0.25) is 5.02 Å². The maximum Gasteiger partial charge on any atom is 0.0756 e. The molecule has 0 amide bonds. The average Bonchev–Trinajstić information content (AvgIpc) is 2.19. The van der Waals surface area contributed by atoms with Crippen molar-refractivity contribution in [3.05, 3.63) is 28.8 Å². The van der Waals surface area contributed by atoms with Gasteiger partial charge in [0.2, 0.25) is 0 Å². The Morgan fingerprint density at radius 3 is 2.47 bits per heavy atom. The number of aliphatic hydroxyl groups is 1. The van der Waals surface area contributed by atoms with E-state index in [-0.39, 0.29) is 5.92 Å². The standard InChI is InChI=1S/C11H17ClN2O/c1-6(2)11(15)10(14)8-5-7(12)3-4-9(8)13/h3-6,10-11,15H,13-14H2,1-2H3/t10-,11+/m0/s1. The van der Waals surface area contributed by atoms with Gasteiger partial charge in [-0.05, 0) is 29.7 Å². The van der Waals surface area contributed by atoms with Crippen LogP contribution < -0.4 is 11.5 Å². The number of nitrogen functional groups attached to an aromatic ring is 1. The van der Waals surface area contributed by atoms with Gasteiger partial charge >= 0.3 is 0 Å². The third-order valence-electron chi connectivity index (χ3n) is 2.46. The Balaban J connectivity index is 2.99. The minimum atomic E-state index is -0.620. The molecule has 0 unspecified atom stereocenters. The lowest BCUT2D eigenvalue weighted by Crippen LogP contribution is -2.31. The number of anilines is 1. The molecule has 5 N–H and O–H groups in total. The molecule has 2 atom stereocenters. The molecule has 15 heavy (non-hydrogen) atoms. The van der Waals surface area contributed by atoms with Gasteiger partial charge in [0.15, 0.2) is 0 Å². The summed E-state index contributed by atoms with van der Waals surface area (Å²) in [6, 6.07) is 4.61. The van der Waals surface area contributed by atoms with Crippen molar-refractivity contribution < 1.29 is 5.11 Å². The molecule has 0 aromatic heterocycles. The van der Waals surface area contributed by atoms with Gasteiger partial charge in [0, 0.05) is 10.7 Å². The number of hydrogen-bond donors (Lipinski definition) is 3. The second kappa shape index (κ2) is 4.84. The summed E-state index contributed by atoms with van der Waals surface area (Å²) >= 11 is 5.85. The Morgan fingerprint density at radius 2 is 1.93 bits per heavy atom. The molecule has 1 rings (SSSR count). The van der Waals surface area contributed by atoms with Gasteiger partial charge < -0.3 is 16.6 Å². The fourth-order valence-corrected chi connectivity index (χ4v) is 1.61. The maximum absolute atomic E-state index is 9.84. The van der Waals surface area contributed by atoms with Gasteiger partial charge in [-0.15, -0.1) is 0 Å². The van der Waals surface area contributed by atoms with E-state index in [1.54, 1.807) is 18.2 Å². The van der Waals surface area contributed by atoms with Gasteiger partial charge in [0.25, 0.3) is 0 Å². The van der Waals surface area contributed by atoms with Crippen LogP contribution in [-0.4, -0.2) is 11.2 Å². The van der Waals surface area contributed by atoms with Crippen molar-refractivity contribution >= 4 is 17.3 Å². The van der Waals surface area contributed by atoms with Gasteiger partial charge in [0.05, 0.1) is 12.1 Å². The molecule has 0 fully saturated rings. The van der Waals surface area contributed by atoms with Crippen molar-refractivity contribution in [2.75, 3.05) is 5.73 Å². The van der Waals surface area contributed by atoms with Crippen LogP contribution in [0.5, 0.6) is 0 Å².